The number of amides is 1. The maximum Gasteiger partial charge on any atom is 0.410 e. The maximum atomic E-state index is 12.7. The monoisotopic (exact) mass is 328 g/mol. The van der Waals surface area contributed by atoms with E-state index in [4.69, 9.17) is 4.74 Å². The van der Waals surface area contributed by atoms with Crippen molar-refractivity contribution in [1.29, 1.82) is 0 Å². The van der Waals surface area contributed by atoms with Crippen LogP contribution < -0.4 is 5.43 Å². The first kappa shape index (κ1) is 16.6. The summed E-state index contributed by atoms with van der Waals surface area (Å²) < 4.78 is 5.42. The van der Waals surface area contributed by atoms with Gasteiger partial charge in [0.15, 0.2) is 5.43 Å². The number of ether oxygens (including phenoxy) is 1. The SMILES string of the molecule is CC(C)(C)OC(=O)N1CCC(c2c[nH]c3ccccc3c2=O)CC1. The average Bonchev–Trinajstić information content (AvgIpc) is 2.54. The Balaban J connectivity index is 1.72. The number of hydrogen-bond donors (Lipinski definition) is 1. The van der Waals surface area contributed by atoms with Gasteiger partial charge in [0, 0.05) is 35.8 Å². The topological polar surface area (TPSA) is 62.4 Å². The van der Waals surface area contributed by atoms with Gasteiger partial charge in [-0.2, -0.15) is 0 Å². The predicted octanol–water partition coefficient (Wildman–Crippen LogP) is 3.64. The van der Waals surface area contributed by atoms with Crippen molar-refractivity contribution in [3.05, 3.63) is 46.2 Å². The minimum atomic E-state index is -0.483. The maximum absolute atomic E-state index is 12.7. The summed E-state index contributed by atoms with van der Waals surface area (Å²) in [6.45, 7) is 6.84. The lowest BCUT2D eigenvalue weighted by atomic mass is 9.89. The lowest BCUT2D eigenvalue weighted by Gasteiger charge is -2.33. The number of benzene rings is 1. The number of aromatic amines is 1. The van der Waals surface area contributed by atoms with Crippen LogP contribution in [0, 0.1) is 0 Å². The Hall–Kier alpha value is -2.30. The summed E-state index contributed by atoms with van der Waals surface area (Å²) in [7, 11) is 0. The Morgan fingerprint density at radius 3 is 2.54 bits per heavy atom. The smallest absolute Gasteiger partial charge is 0.410 e. The fourth-order valence-corrected chi connectivity index (χ4v) is 3.19. The Morgan fingerprint density at radius 1 is 1.21 bits per heavy atom. The molecule has 3 rings (SSSR count). The molecular weight excluding hydrogens is 304 g/mol. The fourth-order valence-electron chi connectivity index (χ4n) is 3.19. The molecule has 1 amide bonds. The lowest BCUT2D eigenvalue weighted by molar-refractivity contribution is 0.0204. The molecule has 0 aliphatic carbocycles. The van der Waals surface area contributed by atoms with Crippen molar-refractivity contribution in [1.82, 2.24) is 9.88 Å². The van der Waals surface area contributed by atoms with E-state index >= 15 is 0 Å². The van der Waals surface area contributed by atoms with E-state index in [1.54, 1.807) is 4.90 Å². The largest absolute Gasteiger partial charge is 0.444 e. The highest BCUT2D eigenvalue weighted by molar-refractivity contribution is 5.78. The molecule has 1 aliphatic heterocycles. The van der Waals surface area contributed by atoms with Gasteiger partial charge in [0.1, 0.15) is 5.60 Å². The van der Waals surface area contributed by atoms with Crippen molar-refractivity contribution in [2.24, 2.45) is 0 Å². The number of rotatable bonds is 1. The zero-order valence-electron chi connectivity index (χ0n) is 14.5. The summed E-state index contributed by atoms with van der Waals surface area (Å²) in [5.41, 5.74) is 1.29. The Morgan fingerprint density at radius 2 is 1.88 bits per heavy atom. The first-order valence-corrected chi connectivity index (χ1v) is 8.43. The summed E-state index contributed by atoms with van der Waals surface area (Å²) >= 11 is 0. The van der Waals surface area contributed by atoms with Gasteiger partial charge >= 0.3 is 6.09 Å². The molecule has 128 valence electrons. The molecule has 2 aromatic rings. The molecule has 1 aromatic heterocycles. The summed E-state index contributed by atoms with van der Waals surface area (Å²) in [5, 5.41) is 0.726. The highest BCUT2D eigenvalue weighted by atomic mass is 16.6. The number of nitrogens with one attached hydrogen (secondary N) is 1. The van der Waals surface area contributed by atoms with Crippen LogP contribution in [0.15, 0.2) is 35.3 Å². The van der Waals surface area contributed by atoms with Gasteiger partial charge in [-0.15, -0.1) is 0 Å². The molecule has 0 bridgehead atoms. The van der Waals surface area contributed by atoms with Crippen LogP contribution in [-0.2, 0) is 4.74 Å². The number of aromatic nitrogens is 1. The van der Waals surface area contributed by atoms with E-state index in [0.717, 1.165) is 29.3 Å². The molecule has 24 heavy (non-hydrogen) atoms. The van der Waals surface area contributed by atoms with E-state index in [1.165, 1.54) is 0 Å². The van der Waals surface area contributed by atoms with Crippen molar-refractivity contribution in [2.75, 3.05) is 13.1 Å². The van der Waals surface area contributed by atoms with Crippen molar-refractivity contribution in [3.8, 4) is 0 Å². The summed E-state index contributed by atoms with van der Waals surface area (Å²) in [6.07, 6.45) is 3.12. The first-order chi connectivity index (χ1) is 11.3. The zero-order chi connectivity index (χ0) is 17.3. The number of nitrogens with zero attached hydrogens (tertiary/aromatic N) is 1. The van der Waals surface area contributed by atoms with Crippen LogP contribution >= 0.6 is 0 Å². The third kappa shape index (κ3) is 3.45. The van der Waals surface area contributed by atoms with E-state index in [2.05, 4.69) is 4.98 Å². The number of fused-ring (bicyclic) bond motifs is 1. The molecule has 1 N–H and O–H groups in total. The Labute approximate surface area is 141 Å². The van der Waals surface area contributed by atoms with Crippen molar-refractivity contribution < 1.29 is 9.53 Å². The number of piperidine rings is 1. The van der Waals surface area contributed by atoms with Gasteiger partial charge in [-0.05, 0) is 51.7 Å². The predicted molar refractivity (Wildman–Crippen MR) is 94.4 cm³/mol. The van der Waals surface area contributed by atoms with E-state index in [-0.39, 0.29) is 17.4 Å². The van der Waals surface area contributed by atoms with Gasteiger partial charge < -0.3 is 14.6 Å². The number of pyridine rings is 1. The van der Waals surface area contributed by atoms with Crippen molar-refractivity contribution in [2.45, 2.75) is 45.1 Å². The van der Waals surface area contributed by atoms with Crippen molar-refractivity contribution in [3.63, 3.8) is 0 Å². The van der Waals surface area contributed by atoms with Gasteiger partial charge in [-0.25, -0.2) is 4.79 Å². The molecule has 1 aliphatic rings. The van der Waals surface area contributed by atoms with Crippen LogP contribution in [-0.4, -0.2) is 34.7 Å². The van der Waals surface area contributed by atoms with Gasteiger partial charge in [-0.1, -0.05) is 12.1 Å². The molecule has 5 nitrogen and oxygen atoms in total. The number of likely N-dealkylation sites (tertiary alicyclic amines) is 1. The minimum absolute atomic E-state index is 0.0973. The minimum Gasteiger partial charge on any atom is -0.444 e. The molecule has 5 heteroatoms. The van der Waals surface area contributed by atoms with Gasteiger partial charge in [0.25, 0.3) is 0 Å². The molecule has 0 atom stereocenters. The van der Waals surface area contributed by atoms with Gasteiger partial charge in [0.05, 0.1) is 0 Å². The molecule has 0 saturated carbocycles. The second-order valence-corrected chi connectivity index (χ2v) is 7.36. The zero-order valence-corrected chi connectivity index (χ0v) is 14.5. The molecule has 0 radical (unpaired) electrons. The second kappa shape index (κ2) is 6.30. The highest BCUT2D eigenvalue weighted by Crippen LogP contribution is 2.27. The van der Waals surface area contributed by atoms with Gasteiger partial charge in [-0.3, -0.25) is 4.79 Å². The molecular formula is C19H24N2O3. The average molecular weight is 328 g/mol. The Kier molecular flexibility index (Phi) is 4.35. The van der Waals surface area contributed by atoms with E-state index in [0.29, 0.717) is 13.1 Å². The molecule has 1 aromatic carbocycles. The molecule has 2 heterocycles. The van der Waals surface area contributed by atoms with Crippen LogP contribution in [0.2, 0.25) is 0 Å². The third-order valence-electron chi connectivity index (χ3n) is 4.40. The number of carbonyl (C=O) groups is 1. The standard InChI is InChI=1S/C19H24N2O3/c1-19(2,3)24-18(23)21-10-8-13(9-11-21)15-12-20-16-7-5-4-6-14(16)17(15)22/h4-7,12-13H,8-11H2,1-3H3,(H,20,22). The number of carbonyl (C=O) groups excluding carboxylic acids is 1. The summed E-state index contributed by atoms with van der Waals surface area (Å²) in [4.78, 5) is 29.8. The van der Waals surface area contributed by atoms with Gasteiger partial charge in [0.2, 0.25) is 0 Å². The summed E-state index contributed by atoms with van der Waals surface area (Å²) in [5.74, 6) is 0.178. The molecule has 1 fully saturated rings. The molecule has 0 unspecified atom stereocenters. The van der Waals surface area contributed by atoms with E-state index in [1.807, 2.05) is 51.2 Å². The second-order valence-electron chi connectivity index (χ2n) is 7.36. The van der Waals surface area contributed by atoms with Crippen LogP contribution in [0.4, 0.5) is 4.79 Å². The van der Waals surface area contributed by atoms with Crippen LogP contribution in [0.25, 0.3) is 10.9 Å². The third-order valence-corrected chi connectivity index (χ3v) is 4.40. The van der Waals surface area contributed by atoms with E-state index in [9.17, 15) is 9.59 Å². The number of para-hydroxylation sites is 1. The fraction of sp³-hybridized carbons (Fsp3) is 0.474. The lowest BCUT2D eigenvalue weighted by Crippen LogP contribution is -2.41. The summed E-state index contributed by atoms with van der Waals surface area (Å²) in [6, 6.07) is 7.56. The van der Waals surface area contributed by atoms with Crippen LogP contribution in [0.1, 0.15) is 45.1 Å². The quantitative estimate of drug-likeness (QED) is 0.869. The molecule has 0 spiro atoms. The first-order valence-electron chi connectivity index (χ1n) is 8.43. The van der Waals surface area contributed by atoms with Crippen LogP contribution in [0.5, 0.6) is 0 Å². The van der Waals surface area contributed by atoms with Crippen LogP contribution in [0.3, 0.4) is 0 Å². The normalized spacial score (nSPS) is 16.4. The van der Waals surface area contributed by atoms with E-state index < -0.39 is 5.60 Å². The van der Waals surface area contributed by atoms with Crippen molar-refractivity contribution >= 4 is 17.0 Å². The highest BCUT2D eigenvalue weighted by Gasteiger charge is 2.28. The molecule has 1 saturated heterocycles. The Bertz CT molecular complexity index is 796. The number of H-pyrrole nitrogens is 1. The number of hydrogen-bond acceptors (Lipinski definition) is 3.